The van der Waals surface area contributed by atoms with Gasteiger partial charge in [0.15, 0.2) is 5.96 Å². The van der Waals surface area contributed by atoms with Crippen molar-refractivity contribution >= 4 is 5.96 Å². The number of pyridine rings is 1. The minimum absolute atomic E-state index is 0.774. The van der Waals surface area contributed by atoms with Gasteiger partial charge in [0.25, 0.3) is 0 Å². The first-order valence-corrected chi connectivity index (χ1v) is 7.17. The molecular formula is C15H26N4. The first-order chi connectivity index (χ1) is 9.27. The van der Waals surface area contributed by atoms with Gasteiger partial charge >= 0.3 is 0 Å². The maximum Gasteiger partial charge on any atom is 0.193 e. The molecule has 0 spiro atoms. The Labute approximate surface area is 117 Å². The maximum atomic E-state index is 4.65. The largest absolute Gasteiger partial charge is 0.357 e. The number of aliphatic imine (C=N–C) groups is 1. The van der Waals surface area contributed by atoms with Crippen molar-refractivity contribution in [2.45, 2.75) is 33.1 Å². The van der Waals surface area contributed by atoms with Gasteiger partial charge < -0.3 is 10.2 Å². The molecule has 19 heavy (non-hydrogen) atoms. The Hall–Kier alpha value is -1.58. The summed E-state index contributed by atoms with van der Waals surface area (Å²) in [5.41, 5.74) is 1.10. The number of aromatic nitrogens is 1. The number of unbranched alkanes of at least 4 members (excludes halogenated alkanes) is 1. The van der Waals surface area contributed by atoms with Crippen LogP contribution in [0.2, 0.25) is 0 Å². The van der Waals surface area contributed by atoms with Crippen LogP contribution in [0.4, 0.5) is 0 Å². The number of guanidine groups is 1. The molecule has 4 heteroatoms. The fourth-order valence-electron chi connectivity index (χ4n) is 1.79. The van der Waals surface area contributed by atoms with Crippen LogP contribution in [0.1, 0.15) is 32.4 Å². The molecule has 0 atom stereocenters. The summed E-state index contributed by atoms with van der Waals surface area (Å²) in [6.45, 7) is 7.03. The van der Waals surface area contributed by atoms with Crippen LogP contribution in [0, 0.1) is 0 Å². The van der Waals surface area contributed by atoms with E-state index in [9.17, 15) is 0 Å². The van der Waals surface area contributed by atoms with E-state index in [4.69, 9.17) is 0 Å². The molecule has 1 aromatic heterocycles. The molecule has 0 saturated heterocycles. The van der Waals surface area contributed by atoms with E-state index in [1.54, 1.807) is 0 Å². The van der Waals surface area contributed by atoms with Crippen LogP contribution in [0.25, 0.3) is 0 Å². The van der Waals surface area contributed by atoms with Crippen LogP contribution in [0.5, 0.6) is 0 Å². The van der Waals surface area contributed by atoms with Crippen molar-refractivity contribution < 1.29 is 0 Å². The Morgan fingerprint density at radius 3 is 2.84 bits per heavy atom. The van der Waals surface area contributed by atoms with Gasteiger partial charge in [-0.05, 0) is 25.5 Å². The summed E-state index contributed by atoms with van der Waals surface area (Å²) in [7, 11) is 2.10. The van der Waals surface area contributed by atoms with Gasteiger partial charge in [0.2, 0.25) is 0 Å². The molecule has 0 aliphatic heterocycles. The number of nitrogens with zero attached hydrogens (tertiary/aromatic N) is 3. The highest BCUT2D eigenvalue weighted by Gasteiger charge is 2.04. The van der Waals surface area contributed by atoms with Gasteiger partial charge in [-0.15, -0.1) is 0 Å². The highest BCUT2D eigenvalue weighted by molar-refractivity contribution is 5.79. The quantitative estimate of drug-likeness (QED) is 0.605. The standard InChI is InChI=1S/C15H26N4/c1-4-6-13-19(3)15(16-5-2)18-12-10-14-9-7-8-11-17-14/h7-9,11H,4-6,10,12-13H2,1-3H3,(H,16,18). The molecule has 0 radical (unpaired) electrons. The summed E-state index contributed by atoms with van der Waals surface area (Å²) in [6, 6.07) is 6.00. The van der Waals surface area contributed by atoms with E-state index in [-0.39, 0.29) is 0 Å². The molecule has 0 fully saturated rings. The van der Waals surface area contributed by atoms with E-state index in [2.05, 4.69) is 41.1 Å². The number of hydrogen-bond acceptors (Lipinski definition) is 2. The monoisotopic (exact) mass is 262 g/mol. The van der Waals surface area contributed by atoms with E-state index in [0.717, 1.165) is 37.7 Å². The van der Waals surface area contributed by atoms with Crippen LogP contribution in [0.15, 0.2) is 29.4 Å². The lowest BCUT2D eigenvalue weighted by Gasteiger charge is -2.21. The van der Waals surface area contributed by atoms with Gasteiger partial charge in [-0.3, -0.25) is 9.98 Å². The second kappa shape index (κ2) is 9.36. The molecule has 4 nitrogen and oxygen atoms in total. The maximum absolute atomic E-state index is 4.65. The lowest BCUT2D eigenvalue weighted by molar-refractivity contribution is 0.465. The van der Waals surface area contributed by atoms with Gasteiger partial charge in [0.1, 0.15) is 0 Å². The van der Waals surface area contributed by atoms with Crippen LogP contribution in [-0.2, 0) is 6.42 Å². The molecule has 0 amide bonds. The van der Waals surface area contributed by atoms with Gasteiger partial charge in [-0.1, -0.05) is 19.4 Å². The third-order valence-electron chi connectivity index (χ3n) is 2.90. The lowest BCUT2D eigenvalue weighted by atomic mass is 10.3. The SMILES string of the molecule is CCCCN(C)C(=NCCc1ccccn1)NCC. The molecule has 0 unspecified atom stereocenters. The molecule has 0 aromatic carbocycles. The number of rotatable bonds is 7. The average molecular weight is 262 g/mol. The Morgan fingerprint density at radius 2 is 2.21 bits per heavy atom. The number of hydrogen-bond donors (Lipinski definition) is 1. The summed E-state index contributed by atoms with van der Waals surface area (Å²) in [5, 5.41) is 3.33. The van der Waals surface area contributed by atoms with E-state index < -0.39 is 0 Å². The van der Waals surface area contributed by atoms with E-state index in [1.165, 1.54) is 12.8 Å². The molecule has 1 heterocycles. The predicted octanol–water partition coefficient (Wildman–Crippen LogP) is 2.32. The van der Waals surface area contributed by atoms with Gasteiger partial charge in [0, 0.05) is 45.0 Å². The Morgan fingerprint density at radius 1 is 1.37 bits per heavy atom. The predicted molar refractivity (Wildman–Crippen MR) is 81.5 cm³/mol. The fraction of sp³-hybridized carbons (Fsp3) is 0.600. The molecule has 0 saturated carbocycles. The molecule has 106 valence electrons. The van der Waals surface area contributed by atoms with Gasteiger partial charge in [-0.25, -0.2) is 0 Å². The van der Waals surface area contributed by atoms with Crippen molar-refractivity contribution in [3.63, 3.8) is 0 Å². The van der Waals surface area contributed by atoms with Crippen molar-refractivity contribution in [1.82, 2.24) is 15.2 Å². The second-order valence-corrected chi connectivity index (χ2v) is 4.58. The molecular weight excluding hydrogens is 236 g/mol. The van der Waals surface area contributed by atoms with Gasteiger partial charge in [-0.2, -0.15) is 0 Å². The highest BCUT2D eigenvalue weighted by atomic mass is 15.3. The van der Waals surface area contributed by atoms with Crippen LogP contribution in [0.3, 0.4) is 0 Å². The third kappa shape index (κ3) is 6.22. The Bertz CT molecular complexity index is 362. The summed E-state index contributed by atoms with van der Waals surface area (Å²) in [6.07, 6.45) is 5.12. The van der Waals surface area contributed by atoms with E-state index in [1.807, 2.05) is 24.4 Å². The van der Waals surface area contributed by atoms with E-state index >= 15 is 0 Å². The molecule has 0 aliphatic rings. The van der Waals surface area contributed by atoms with E-state index in [0.29, 0.717) is 0 Å². The zero-order chi connectivity index (χ0) is 13.9. The van der Waals surface area contributed by atoms with Crippen molar-refractivity contribution in [3.05, 3.63) is 30.1 Å². The minimum Gasteiger partial charge on any atom is -0.357 e. The summed E-state index contributed by atoms with van der Waals surface area (Å²) in [4.78, 5) is 11.2. The lowest BCUT2D eigenvalue weighted by Crippen LogP contribution is -2.39. The topological polar surface area (TPSA) is 40.5 Å². The molecule has 1 rings (SSSR count). The summed E-state index contributed by atoms with van der Waals surface area (Å²) in [5.74, 6) is 0.992. The van der Waals surface area contributed by atoms with Crippen molar-refractivity contribution in [2.75, 3.05) is 26.7 Å². The van der Waals surface area contributed by atoms with Crippen LogP contribution >= 0.6 is 0 Å². The van der Waals surface area contributed by atoms with Crippen LogP contribution < -0.4 is 5.32 Å². The van der Waals surface area contributed by atoms with Gasteiger partial charge in [0.05, 0.1) is 0 Å². The smallest absolute Gasteiger partial charge is 0.193 e. The summed E-state index contributed by atoms with van der Waals surface area (Å²) < 4.78 is 0. The molecule has 0 aliphatic carbocycles. The Balaban J connectivity index is 2.48. The highest BCUT2D eigenvalue weighted by Crippen LogP contribution is 1.97. The molecule has 0 bridgehead atoms. The molecule has 1 aromatic rings. The summed E-state index contributed by atoms with van der Waals surface area (Å²) >= 11 is 0. The zero-order valence-electron chi connectivity index (χ0n) is 12.4. The van der Waals surface area contributed by atoms with Crippen LogP contribution in [-0.4, -0.2) is 42.5 Å². The second-order valence-electron chi connectivity index (χ2n) is 4.58. The first kappa shape index (κ1) is 15.5. The van der Waals surface area contributed by atoms with Crippen molar-refractivity contribution in [3.8, 4) is 0 Å². The number of nitrogens with one attached hydrogen (secondary N) is 1. The average Bonchev–Trinajstić information content (AvgIpc) is 2.45. The first-order valence-electron chi connectivity index (χ1n) is 7.17. The third-order valence-corrected chi connectivity index (χ3v) is 2.90. The minimum atomic E-state index is 0.774. The Kier molecular flexibility index (Phi) is 7.63. The van der Waals surface area contributed by atoms with Crippen molar-refractivity contribution in [2.24, 2.45) is 4.99 Å². The normalized spacial score (nSPS) is 11.4. The zero-order valence-corrected chi connectivity index (χ0v) is 12.4. The van der Waals surface area contributed by atoms with Crippen molar-refractivity contribution in [1.29, 1.82) is 0 Å². The fourth-order valence-corrected chi connectivity index (χ4v) is 1.79. The molecule has 1 N–H and O–H groups in total.